The van der Waals surface area contributed by atoms with Gasteiger partial charge in [0.25, 0.3) is 0 Å². The van der Waals surface area contributed by atoms with Crippen LogP contribution < -0.4 is 0 Å². The van der Waals surface area contributed by atoms with Gasteiger partial charge in [0.15, 0.2) is 12.0 Å². The minimum atomic E-state index is 0. The third-order valence-corrected chi connectivity index (χ3v) is 0.211. The van der Waals surface area contributed by atoms with Gasteiger partial charge in [-0.05, 0) is 0 Å². The van der Waals surface area contributed by atoms with E-state index in [1.165, 1.54) is 7.11 Å². The quantitative estimate of drug-likeness (QED) is 0.227. The van der Waals surface area contributed by atoms with Crippen LogP contribution in [0.4, 0.5) is 0 Å². The number of nitrogens with zero attached hydrogens (tertiary/aromatic N) is 1. The molecule has 0 aliphatic carbocycles. The van der Waals surface area contributed by atoms with E-state index in [-0.39, 0.29) is 37.2 Å². The average Bonchev–Trinajstić information content (AvgIpc) is 1.38. The molecule has 0 atom stereocenters. The Labute approximate surface area is 66.4 Å². The number of hydrogen-bond acceptors (Lipinski definition) is 2. The van der Waals surface area contributed by atoms with E-state index in [9.17, 15) is 0 Å². The van der Waals surface area contributed by atoms with Crippen molar-refractivity contribution in [1.29, 1.82) is 0 Å². The molecule has 0 aromatic rings. The predicted molar refractivity (Wildman–Crippen MR) is 29.0 cm³/mol. The van der Waals surface area contributed by atoms with Crippen LogP contribution in [0.1, 0.15) is 0 Å². The Morgan fingerprint density at radius 3 is 1.62 bits per heavy atom. The van der Waals surface area contributed by atoms with Crippen LogP contribution in [0.25, 0.3) is 0 Å². The fraction of sp³-hybridized carbons (Fsp3) is 0.250. The van der Waals surface area contributed by atoms with Crippen LogP contribution >= 0.6 is 0 Å². The van der Waals surface area contributed by atoms with Crippen molar-refractivity contribution < 1.29 is 37.3 Å². The maximum absolute atomic E-state index is 7.86. The van der Waals surface area contributed by atoms with Gasteiger partial charge >= 0.3 is 0 Å². The molecular formula is C4H12AgNO2-. The van der Waals surface area contributed by atoms with E-state index in [0.717, 1.165) is 0 Å². The van der Waals surface area contributed by atoms with Gasteiger partial charge in [-0.3, -0.25) is 0 Å². The maximum atomic E-state index is 7.86. The second-order valence-electron chi connectivity index (χ2n) is 0.535. The van der Waals surface area contributed by atoms with Gasteiger partial charge in [-0.15, -0.1) is 0 Å². The average molecular weight is 214 g/mol. The fourth-order valence-corrected chi connectivity index (χ4v) is 0. The summed E-state index contributed by atoms with van der Waals surface area (Å²) in [7, 11) is 1.31. The van der Waals surface area contributed by atoms with E-state index in [2.05, 4.69) is 11.6 Å². The van der Waals surface area contributed by atoms with Gasteiger partial charge in [0, 0.05) is 22.4 Å². The van der Waals surface area contributed by atoms with Crippen LogP contribution in [0.2, 0.25) is 0 Å². The van der Waals surface area contributed by atoms with Crippen molar-refractivity contribution in [3.8, 4) is 0 Å². The molecule has 0 aromatic carbocycles. The van der Waals surface area contributed by atoms with E-state index in [0.29, 0.717) is 4.90 Å². The van der Waals surface area contributed by atoms with Gasteiger partial charge in [0.2, 0.25) is 6.72 Å². The largest absolute Gasteiger partial charge is 0.358 e. The first-order valence-corrected chi connectivity index (χ1v) is 1.11. The van der Waals surface area contributed by atoms with Crippen molar-refractivity contribution >= 4 is 6.72 Å². The Balaban J connectivity index is -0.0000000267. The molecule has 0 saturated carbocycles. The minimum Gasteiger partial charge on any atom is -0.358 e. The standard InChI is InChI=1S/C2H6NO2.2CH3.Ag/c1-3(4)5-2;;;/h4H,1H2,2H3;2*1H3;/q+1;2*-1;. The number of rotatable bonds is 1. The molecular weight excluding hydrogens is 202 g/mol. The zero-order valence-corrected chi connectivity index (χ0v) is 6.79. The first kappa shape index (κ1) is 24.5. The molecule has 0 rings (SSSR count). The van der Waals surface area contributed by atoms with Crippen molar-refractivity contribution in [2.45, 2.75) is 0 Å². The molecule has 0 unspecified atom stereocenters. The summed E-state index contributed by atoms with van der Waals surface area (Å²) in [6.07, 6.45) is 0. The molecule has 0 fully saturated rings. The Morgan fingerprint density at radius 1 is 1.50 bits per heavy atom. The summed E-state index contributed by atoms with van der Waals surface area (Å²) >= 11 is 0. The van der Waals surface area contributed by atoms with Crippen LogP contribution in [-0.4, -0.2) is 23.9 Å². The molecule has 1 radical (unpaired) electrons. The van der Waals surface area contributed by atoms with Crippen molar-refractivity contribution in [3.05, 3.63) is 14.9 Å². The Bertz CT molecular complexity index is 49.3. The molecule has 0 spiro atoms. The van der Waals surface area contributed by atoms with Gasteiger partial charge in [-0.2, -0.15) is 0 Å². The molecule has 1 N–H and O–H groups in total. The molecule has 4 heteroatoms. The first-order chi connectivity index (χ1) is 2.27. The molecule has 0 aliphatic heterocycles. The van der Waals surface area contributed by atoms with Crippen LogP contribution in [0.3, 0.4) is 0 Å². The fourth-order valence-electron chi connectivity index (χ4n) is 0. The first-order valence-electron chi connectivity index (χ1n) is 1.11. The topological polar surface area (TPSA) is 32.5 Å². The summed E-state index contributed by atoms with van der Waals surface area (Å²) in [4.78, 5) is 4.40. The molecule has 8 heavy (non-hydrogen) atoms. The normalized spacial score (nSPS) is 4.12. The van der Waals surface area contributed by atoms with Gasteiger partial charge in [0.05, 0.1) is 0 Å². The monoisotopic (exact) mass is 213 g/mol. The van der Waals surface area contributed by atoms with Crippen molar-refractivity contribution in [1.82, 2.24) is 0 Å². The maximum Gasteiger partial charge on any atom is 0.241 e. The Kier molecular flexibility index (Phi) is 48.2. The summed E-state index contributed by atoms with van der Waals surface area (Å²) in [6, 6.07) is 0. The number of hydrogen-bond donors (Lipinski definition) is 1. The molecule has 57 valence electrons. The van der Waals surface area contributed by atoms with E-state index in [4.69, 9.17) is 5.21 Å². The zero-order valence-electron chi connectivity index (χ0n) is 5.31. The van der Waals surface area contributed by atoms with Gasteiger partial charge in [-0.25, -0.2) is 10.0 Å². The van der Waals surface area contributed by atoms with Crippen LogP contribution in [-0.2, 0) is 27.2 Å². The van der Waals surface area contributed by atoms with Crippen LogP contribution in [0, 0.1) is 14.9 Å². The molecule has 0 aliphatic rings. The molecule has 0 saturated heterocycles. The predicted octanol–water partition coefficient (Wildman–Crippen LogP) is 0.548. The van der Waals surface area contributed by atoms with Crippen LogP contribution in [0.5, 0.6) is 0 Å². The minimum absolute atomic E-state index is 0. The summed E-state index contributed by atoms with van der Waals surface area (Å²) in [5.74, 6) is 0. The summed E-state index contributed by atoms with van der Waals surface area (Å²) in [5.41, 5.74) is 0. The second-order valence-corrected chi connectivity index (χ2v) is 0.535. The summed E-state index contributed by atoms with van der Waals surface area (Å²) < 4.78 is 0. The van der Waals surface area contributed by atoms with Crippen molar-refractivity contribution in [2.24, 2.45) is 0 Å². The van der Waals surface area contributed by atoms with Gasteiger partial charge in [-0.1, -0.05) is 0 Å². The molecule has 3 nitrogen and oxygen atoms in total. The second kappa shape index (κ2) is 15.7. The summed E-state index contributed by atoms with van der Waals surface area (Å²) in [6.45, 7) is 2.92. The molecule has 0 amide bonds. The van der Waals surface area contributed by atoms with Crippen LogP contribution in [0.15, 0.2) is 0 Å². The third-order valence-electron chi connectivity index (χ3n) is 0.211. The molecule has 0 heterocycles. The summed E-state index contributed by atoms with van der Waals surface area (Å²) in [5, 5.41) is 7.86. The van der Waals surface area contributed by atoms with E-state index in [1.807, 2.05) is 0 Å². The zero-order chi connectivity index (χ0) is 4.28. The Hall–Kier alpha value is 0.0103. The van der Waals surface area contributed by atoms with Crippen molar-refractivity contribution in [3.63, 3.8) is 0 Å². The Morgan fingerprint density at radius 2 is 1.62 bits per heavy atom. The van der Waals surface area contributed by atoms with Gasteiger partial charge in [0.1, 0.15) is 0 Å². The molecule has 0 aromatic heterocycles. The molecule has 0 bridgehead atoms. The van der Waals surface area contributed by atoms with E-state index >= 15 is 0 Å². The van der Waals surface area contributed by atoms with E-state index in [1.54, 1.807) is 0 Å². The smallest absolute Gasteiger partial charge is 0.241 e. The third kappa shape index (κ3) is 37.3. The van der Waals surface area contributed by atoms with E-state index < -0.39 is 0 Å². The van der Waals surface area contributed by atoms with Crippen molar-refractivity contribution in [2.75, 3.05) is 7.11 Å². The van der Waals surface area contributed by atoms with Gasteiger partial charge < -0.3 is 14.9 Å². The SMILES string of the molecule is C=[N+](O)OC.[Ag].[CH3-].[CH3-].